The average Bonchev–Trinajstić information content (AvgIpc) is 2.35. The maximum Gasteiger partial charge on any atom is 0.253 e. The highest BCUT2D eigenvalue weighted by molar-refractivity contribution is 9.10. The molecule has 2 rings (SSSR count). The van der Waals surface area contributed by atoms with Crippen molar-refractivity contribution in [3.8, 4) is 0 Å². The van der Waals surface area contributed by atoms with E-state index in [-0.39, 0.29) is 11.9 Å². The number of amides is 1. The molecule has 1 N–H and O–H groups in total. The van der Waals surface area contributed by atoms with Crippen LogP contribution in [0.1, 0.15) is 49.9 Å². The van der Waals surface area contributed by atoms with E-state index < -0.39 is 0 Å². The Bertz CT molecular complexity index is 477. The van der Waals surface area contributed by atoms with Gasteiger partial charge >= 0.3 is 0 Å². The minimum Gasteiger partial charge on any atom is -0.349 e. The zero-order chi connectivity index (χ0) is 14.0. The Morgan fingerprint density at radius 3 is 2.63 bits per heavy atom. The number of hydrogen-bond donors (Lipinski definition) is 1. The first-order chi connectivity index (χ1) is 8.87. The number of halogens is 2. The summed E-state index contributed by atoms with van der Waals surface area (Å²) in [4.78, 5) is 12.2. The second kappa shape index (κ2) is 5.84. The largest absolute Gasteiger partial charge is 0.349 e. The highest BCUT2D eigenvalue weighted by Gasteiger charge is 2.28. The Labute approximate surface area is 128 Å². The fourth-order valence-corrected chi connectivity index (χ4v) is 3.04. The van der Waals surface area contributed by atoms with Gasteiger partial charge in [-0.1, -0.05) is 41.4 Å². The van der Waals surface area contributed by atoms with E-state index in [2.05, 4.69) is 35.1 Å². The number of hydrogen-bond acceptors (Lipinski definition) is 1. The van der Waals surface area contributed by atoms with Crippen LogP contribution in [0.25, 0.3) is 0 Å². The van der Waals surface area contributed by atoms with Gasteiger partial charge in [-0.2, -0.15) is 0 Å². The molecule has 0 aliphatic heterocycles. The summed E-state index contributed by atoms with van der Waals surface area (Å²) in [6.45, 7) is 4.58. The van der Waals surface area contributed by atoms with E-state index in [1.54, 1.807) is 12.1 Å². The molecule has 0 atom stereocenters. The Morgan fingerprint density at radius 2 is 2.00 bits per heavy atom. The van der Waals surface area contributed by atoms with Crippen molar-refractivity contribution in [2.24, 2.45) is 5.41 Å². The molecule has 1 aliphatic rings. The summed E-state index contributed by atoms with van der Waals surface area (Å²) >= 11 is 9.44. The molecule has 0 spiro atoms. The SMILES string of the molecule is CC1(C)CCC(NC(=O)c2cc(Br)ccc2Cl)CC1. The third-order valence-electron chi connectivity index (χ3n) is 3.85. The van der Waals surface area contributed by atoms with Crippen LogP contribution in [0.15, 0.2) is 22.7 Å². The van der Waals surface area contributed by atoms with Crippen molar-refractivity contribution in [3.63, 3.8) is 0 Å². The van der Waals surface area contributed by atoms with Crippen molar-refractivity contribution >= 4 is 33.4 Å². The lowest BCUT2D eigenvalue weighted by atomic mass is 9.75. The molecule has 1 aromatic rings. The molecule has 104 valence electrons. The van der Waals surface area contributed by atoms with E-state index in [1.165, 1.54) is 0 Å². The number of carbonyl (C=O) groups excluding carboxylic acids is 1. The van der Waals surface area contributed by atoms with Crippen LogP contribution in [0.2, 0.25) is 5.02 Å². The molecule has 1 saturated carbocycles. The van der Waals surface area contributed by atoms with Crippen molar-refractivity contribution in [1.82, 2.24) is 5.32 Å². The molecular formula is C15H19BrClNO. The molecule has 1 fully saturated rings. The van der Waals surface area contributed by atoms with Crippen LogP contribution in [0.3, 0.4) is 0 Å². The van der Waals surface area contributed by atoms with Gasteiger partial charge in [-0.15, -0.1) is 0 Å². The highest BCUT2D eigenvalue weighted by Crippen LogP contribution is 2.35. The summed E-state index contributed by atoms with van der Waals surface area (Å²) in [5.74, 6) is -0.0731. The van der Waals surface area contributed by atoms with Gasteiger partial charge in [0.15, 0.2) is 0 Å². The predicted octanol–water partition coefficient (Wildman–Crippen LogP) is 4.80. The Balaban J connectivity index is 2.00. The number of benzene rings is 1. The van der Waals surface area contributed by atoms with Gasteiger partial charge in [-0.05, 0) is 49.3 Å². The van der Waals surface area contributed by atoms with Gasteiger partial charge in [0.2, 0.25) is 0 Å². The van der Waals surface area contributed by atoms with Crippen molar-refractivity contribution < 1.29 is 4.79 Å². The Morgan fingerprint density at radius 1 is 1.37 bits per heavy atom. The minimum atomic E-state index is -0.0731. The standard InChI is InChI=1S/C15H19BrClNO/c1-15(2)7-5-11(6-8-15)18-14(19)12-9-10(16)3-4-13(12)17/h3-4,9,11H,5-8H2,1-2H3,(H,18,19). The molecule has 4 heteroatoms. The summed E-state index contributed by atoms with van der Waals surface area (Å²) in [5, 5.41) is 3.59. The summed E-state index contributed by atoms with van der Waals surface area (Å²) in [5.41, 5.74) is 0.954. The van der Waals surface area contributed by atoms with Gasteiger partial charge in [-0.3, -0.25) is 4.79 Å². The van der Waals surface area contributed by atoms with Gasteiger partial charge < -0.3 is 5.32 Å². The van der Waals surface area contributed by atoms with E-state index in [9.17, 15) is 4.79 Å². The number of carbonyl (C=O) groups is 1. The van der Waals surface area contributed by atoms with Gasteiger partial charge in [0.1, 0.15) is 0 Å². The second-order valence-corrected chi connectivity index (χ2v) is 7.36. The van der Waals surface area contributed by atoms with Crippen LogP contribution in [-0.4, -0.2) is 11.9 Å². The molecule has 0 aromatic heterocycles. The van der Waals surface area contributed by atoms with Crippen LogP contribution < -0.4 is 5.32 Å². The van der Waals surface area contributed by atoms with Crippen molar-refractivity contribution in [3.05, 3.63) is 33.3 Å². The van der Waals surface area contributed by atoms with Crippen LogP contribution in [-0.2, 0) is 0 Å². The summed E-state index contributed by atoms with van der Waals surface area (Å²) < 4.78 is 0.867. The van der Waals surface area contributed by atoms with Gasteiger partial charge in [0, 0.05) is 10.5 Å². The quantitative estimate of drug-likeness (QED) is 0.820. The zero-order valence-corrected chi connectivity index (χ0v) is 13.6. The zero-order valence-electron chi connectivity index (χ0n) is 11.3. The van der Waals surface area contributed by atoms with Gasteiger partial charge in [-0.25, -0.2) is 0 Å². The van der Waals surface area contributed by atoms with Crippen LogP contribution >= 0.6 is 27.5 Å². The molecule has 19 heavy (non-hydrogen) atoms. The monoisotopic (exact) mass is 343 g/mol. The number of nitrogens with one attached hydrogen (secondary N) is 1. The van der Waals surface area contributed by atoms with Crippen LogP contribution in [0.4, 0.5) is 0 Å². The molecule has 1 aromatic carbocycles. The van der Waals surface area contributed by atoms with E-state index >= 15 is 0 Å². The van der Waals surface area contributed by atoms with Crippen molar-refractivity contribution in [2.45, 2.75) is 45.6 Å². The molecule has 1 amide bonds. The smallest absolute Gasteiger partial charge is 0.253 e. The maximum atomic E-state index is 12.2. The third kappa shape index (κ3) is 3.96. The lowest BCUT2D eigenvalue weighted by molar-refractivity contribution is 0.0909. The molecule has 1 aliphatic carbocycles. The van der Waals surface area contributed by atoms with Crippen molar-refractivity contribution in [2.75, 3.05) is 0 Å². The van der Waals surface area contributed by atoms with Crippen LogP contribution in [0, 0.1) is 5.41 Å². The van der Waals surface area contributed by atoms with Crippen LogP contribution in [0.5, 0.6) is 0 Å². The molecular weight excluding hydrogens is 326 g/mol. The summed E-state index contributed by atoms with van der Waals surface area (Å²) in [6, 6.07) is 5.62. The molecule has 0 unspecified atom stereocenters. The van der Waals surface area contributed by atoms with E-state index in [0.29, 0.717) is 16.0 Å². The average molecular weight is 345 g/mol. The second-order valence-electron chi connectivity index (χ2n) is 6.04. The van der Waals surface area contributed by atoms with E-state index in [0.717, 1.165) is 30.2 Å². The lowest BCUT2D eigenvalue weighted by Crippen LogP contribution is -2.39. The Hall–Kier alpha value is -0.540. The summed E-state index contributed by atoms with van der Waals surface area (Å²) in [6.07, 6.45) is 4.41. The van der Waals surface area contributed by atoms with Gasteiger partial charge in [0.05, 0.1) is 10.6 Å². The molecule has 0 radical (unpaired) electrons. The fraction of sp³-hybridized carbons (Fsp3) is 0.533. The fourth-order valence-electron chi connectivity index (χ4n) is 2.48. The molecule has 0 saturated heterocycles. The number of rotatable bonds is 2. The first-order valence-electron chi connectivity index (χ1n) is 6.63. The third-order valence-corrected chi connectivity index (χ3v) is 4.67. The van der Waals surface area contributed by atoms with E-state index in [1.807, 2.05) is 6.07 Å². The topological polar surface area (TPSA) is 29.1 Å². The van der Waals surface area contributed by atoms with Gasteiger partial charge in [0.25, 0.3) is 5.91 Å². The Kier molecular flexibility index (Phi) is 4.57. The molecule has 0 heterocycles. The van der Waals surface area contributed by atoms with Crippen molar-refractivity contribution in [1.29, 1.82) is 0 Å². The minimum absolute atomic E-state index is 0.0731. The molecule has 2 nitrogen and oxygen atoms in total. The van der Waals surface area contributed by atoms with E-state index in [4.69, 9.17) is 11.6 Å². The maximum absolute atomic E-state index is 12.2. The normalized spacial score (nSPS) is 19.2. The first kappa shape index (κ1) is 14.9. The lowest BCUT2D eigenvalue weighted by Gasteiger charge is -2.34. The predicted molar refractivity (Wildman–Crippen MR) is 82.7 cm³/mol. The first-order valence-corrected chi connectivity index (χ1v) is 7.80. The molecule has 0 bridgehead atoms. The highest BCUT2D eigenvalue weighted by atomic mass is 79.9. The summed E-state index contributed by atoms with van der Waals surface area (Å²) in [7, 11) is 0.